The standard InChI is InChI=1S/C14H18N4O3S/c1-14(2,3)21-13(20)9(15-4)10(19)11-12(17-8-22-11)16-7-18(5)6/h7-8,19H,1-3,5-6H3/b10-9+,16-7?. The molecule has 0 fully saturated rings. The first kappa shape index (κ1) is 17.7. The Bertz CT molecular complexity index is 648. The van der Waals surface area contributed by atoms with E-state index in [1.165, 1.54) is 11.8 Å². The predicted molar refractivity (Wildman–Crippen MR) is 85.9 cm³/mol. The Morgan fingerprint density at radius 2 is 2.18 bits per heavy atom. The summed E-state index contributed by atoms with van der Waals surface area (Å²) in [6, 6.07) is 0. The number of carbonyl (C=O) groups excluding carboxylic acids is 1. The van der Waals surface area contributed by atoms with Gasteiger partial charge in [0.25, 0.3) is 0 Å². The highest BCUT2D eigenvalue weighted by Gasteiger charge is 2.26. The summed E-state index contributed by atoms with van der Waals surface area (Å²) in [5.41, 5.74) is 0.234. The molecule has 0 bridgehead atoms. The van der Waals surface area contributed by atoms with Gasteiger partial charge in [0.1, 0.15) is 10.5 Å². The summed E-state index contributed by atoms with van der Waals surface area (Å²) in [5.74, 6) is -1.12. The normalized spacial score (nSPS) is 12.7. The summed E-state index contributed by atoms with van der Waals surface area (Å²) in [6.45, 7) is 12.2. The van der Waals surface area contributed by atoms with E-state index in [-0.39, 0.29) is 10.7 Å². The molecule has 0 saturated carbocycles. The van der Waals surface area contributed by atoms with Crippen LogP contribution in [0.4, 0.5) is 5.82 Å². The third-order valence-electron chi connectivity index (χ3n) is 2.10. The van der Waals surface area contributed by atoms with Gasteiger partial charge in [-0.15, -0.1) is 11.3 Å². The largest absolute Gasteiger partial charge is 0.517 e. The molecule has 1 N–H and O–H groups in total. The van der Waals surface area contributed by atoms with Gasteiger partial charge in [-0.1, -0.05) is 0 Å². The molecule has 0 aliphatic carbocycles. The Balaban J connectivity index is 3.21. The Labute approximate surface area is 133 Å². The van der Waals surface area contributed by atoms with E-state index in [1.54, 1.807) is 39.8 Å². The van der Waals surface area contributed by atoms with Crippen LogP contribution in [0.1, 0.15) is 25.6 Å². The number of aliphatic hydroxyl groups excluding tert-OH is 1. The topological polar surface area (TPSA) is 79.4 Å². The molecular formula is C14H18N4O3S. The van der Waals surface area contributed by atoms with Gasteiger partial charge in [-0.2, -0.15) is 0 Å². The van der Waals surface area contributed by atoms with Gasteiger partial charge in [-0.25, -0.2) is 14.8 Å². The van der Waals surface area contributed by atoms with Crippen molar-refractivity contribution in [2.45, 2.75) is 26.4 Å². The SMILES string of the molecule is [C-]#[N+]/C(C(=O)OC(C)(C)C)=C(/O)c1scnc1N=CN(C)C. The second kappa shape index (κ2) is 7.04. The van der Waals surface area contributed by atoms with Crippen LogP contribution in [0.3, 0.4) is 0 Å². The van der Waals surface area contributed by atoms with E-state index < -0.39 is 23.0 Å². The third kappa shape index (κ3) is 4.86. The lowest BCUT2D eigenvalue weighted by molar-refractivity contribution is -0.149. The first-order valence-corrected chi connectivity index (χ1v) is 7.22. The maximum atomic E-state index is 12.0. The number of carbonyl (C=O) groups is 1. The number of aromatic nitrogens is 1. The second-order valence-electron chi connectivity index (χ2n) is 5.52. The molecule has 1 aromatic rings. The number of aliphatic imine (C=N–C) groups is 1. The number of thiazole rings is 1. The summed E-state index contributed by atoms with van der Waals surface area (Å²) >= 11 is 1.09. The fourth-order valence-corrected chi connectivity index (χ4v) is 1.97. The van der Waals surface area contributed by atoms with Crippen molar-refractivity contribution in [2.24, 2.45) is 4.99 Å². The maximum Gasteiger partial charge on any atom is 0.340 e. The van der Waals surface area contributed by atoms with Crippen molar-refractivity contribution in [3.63, 3.8) is 0 Å². The van der Waals surface area contributed by atoms with Crippen LogP contribution < -0.4 is 0 Å². The third-order valence-corrected chi connectivity index (χ3v) is 2.93. The lowest BCUT2D eigenvalue weighted by atomic mass is 10.2. The summed E-state index contributed by atoms with van der Waals surface area (Å²) in [6.07, 6.45) is 1.51. The van der Waals surface area contributed by atoms with E-state index in [0.717, 1.165) is 11.3 Å². The van der Waals surface area contributed by atoms with Gasteiger partial charge >= 0.3 is 11.7 Å². The minimum atomic E-state index is -0.879. The molecule has 118 valence electrons. The predicted octanol–water partition coefficient (Wildman–Crippen LogP) is 2.85. The fraction of sp³-hybridized carbons (Fsp3) is 0.429. The van der Waals surface area contributed by atoms with Crippen molar-refractivity contribution in [3.05, 3.63) is 27.5 Å². The molecule has 0 saturated heterocycles. The van der Waals surface area contributed by atoms with E-state index in [2.05, 4.69) is 14.8 Å². The smallest absolute Gasteiger partial charge is 0.340 e. The van der Waals surface area contributed by atoms with Crippen molar-refractivity contribution in [3.8, 4) is 0 Å². The first-order valence-electron chi connectivity index (χ1n) is 6.34. The number of rotatable bonds is 4. The summed E-state index contributed by atoms with van der Waals surface area (Å²) in [5, 5.41) is 10.2. The molecule has 1 heterocycles. The Hall–Kier alpha value is -2.40. The molecule has 8 heteroatoms. The number of hydrogen-bond donors (Lipinski definition) is 1. The number of hydrogen-bond acceptors (Lipinski definition) is 6. The van der Waals surface area contributed by atoms with E-state index in [0.29, 0.717) is 0 Å². The lowest BCUT2D eigenvalue weighted by Gasteiger charge is -2.19. The van der Waals surface area contributed by atoms with Crippen molar-refractivity contribution in [2.75, 3.05) is 14.1 Å². The average Bonchev–Trinajstić information content (AvgIpc) is 2.82. The molecule has 0 atom stereocenters. The summed E-state index contributed by atoms with van der Waals surface area (Å²) < 4.78 is 5.12. The van der Waals surface area contributed by atoms with Crippen LogP contribution in [-0.4, -0.2) is 47.0 Å². The first-order chi connectivity index (χ1) is 10.2. The van der Waals surface area contributed by atoms with E-state index in [4.69, 9.17) is 11.3 Å². The van der Waals surface area contributed by atoms with E-state index in [9.17, 15) is 9.90 Å². The van der Waals surface area contributed by atoms with Crippen molar-refractivity contribution < 1.29 is 14.6 Å². The zero-order chi connectivity index (χ0) is 16.9. The quantitative estimate of drug-likeness (QED) is 0.230. The number of nitrogens with zero attached hydrogens (tertiary/aromatic N) is 4. The van der Waals surface area contributed by atoms with Crippen LogP contribution in [0.25, 0.3) is 10.6 Å². The zero-order valence-corrected chi connectivity index (χ0v) is 13.9. The Morgan fingerprint density at radius 3 is 2.68 bits per heavy atom. The van der Waals surface area contributed by atoms with Crippen LogP contribution in [0.2, 0.25) is 0 Å². The molecule has 1 rings (SSSR count). The van der Waals surface area contributed by atoms with Gasteiger partial charge in [0.15, 0.2) is 11.6 Å². The highest BCUT2D eigenvalue weighted by atomic mass is 32.1. The van der Waals surface area contributed by atoms with Gasteiger partial charge in [-0.05, 0) is 20.8 Å². The molecule has 0 aliphatic rings. The van der Waals surface area contributed by atoms with Crippen molar-refractivity contribution in [1.29, 1.82) is 0 Å². The highest BCUT2D eigenvalue weighted by molar-refractivity contribution is 7.11. The van der Waals surface area contributed by atoms with Crippen LogP contribution in [0.15, 0.2) is 16.2 Å². The number of aliphatic hydroxyl groups is 1. The lowest BCUT2D eigenvalue weighted by Crippen LogP contribution is -2.24. The van der Waals surface area contributed by atoms with Crippen molar-refractivity contribution >= 4 is 35.2 Å². The minimum Gasteiger partial charge on any atom is -0.517 e. The van der Waals surface area contributed by atoms with Crippen LogP contribution >= 0.6 is 11.3 Å². The van der Waals surface area contributed by atoms with Gasteiger partial charge in [0, 0.05) is 14.1 Å². The Kier molecular flexibility index (Phi) is 5.65. The summed E-state index contributed by atoms with van der Waals surface area (Å²) in [7, 11) is 3.58. The van der Waals surface area contributed by atoms with Crippen LogP contribution in [0, 0.1) is 6.57 Å². The van der Waals surface area contributed by atoms with Gasteiger partial charge in [0.2, 0.25) is 0 Å². The molecule has 0 spiro atoms. The molecule has 0 radical (unpaired) electrons. The van der Waals surface area contributed by atoms with Crippen LogP contribution in [0.5, 0.6) is 0 Å². The molecule has 0 aromatic carbocycles. The average molecular weight is 322 g/mol. The monoisotopic (exact) mass is 322 g/mol. The van der Waals surface area contributed by atoms with E-state index >= 15 is 0 Å². The summed E-state index contributed by atoms with van der Waals surface area (Å²) in [4.78, 5) is 25.1. The molecule has 7 nitrogen and oxygen atoms in total. The molecule has 0 amide bonds. The molecule has 1 aromatic heterocycles. The highest BCUT2D eigenvalue weighted by Crippen LogP contribution is 2.31. The molecule has 0 unspecified atom stereocenters. The second-order valence-corrected chi connectivity index (χ2v) is 6.38. The maximum absolute atomic E-state index is 12.0. The molecular weight excluding hydrogens is 304 g/mol. The molecule has 0 aliphatic heterocycles. The van der Waals surface area contributed by atoms with Gasteiger partial charge in [-0.3, -0.25) is 4.79 Å². The van der Waals surface area contributed by atoms with Gasteiger partial charge in [0.05, 0.1) is 18.4 Å². The molecule has 22 heavy (non-hydrogen) atoms. The Morgan fingerprint density at radius 1 is 1.55 bits per heavy atom. The number of ether oxygens (including phenoxy) is 1. The fourth-order valence-electron chi connectivity index (χ4n) is 1.29. The van der Waals surface area contributed by atoms with Crippen molar-refractivity contribution in [1.82, 2.24) is 9.88 Å². The number of esters is 1. The minimum absolute atomic E-state index is 0.237. The van der Waals surface area contributed by atoms with Crippen LogP contribution in [-0.2, 0) is 9.53 Å². The van der Waals surface area contributed by atoms with Gasteiger partial charge < -0.3 is 14.7 Å². The van der Waals surface area contributed by atoms with E-state index in [1.807, 2.05) is 0 Å². The zero-order valence-electron chi connectivity index (χ0n) is 13.1.